The van der Waals surface area contributed by atoms with Crippen LogP contribution in [0.5, 0.6) is 0 Å². The lowest BCUT2D eigenvalue weighted by atomic mass is 10.1. The number of thioether (sulfide) groups is 1. The first-order valence-corrected chi connectivity index (χ1v) is 10.4. The lowest BCUT2D eigenvalue weighted by molar-refractivity contribution is -0.129. The fourth-order valence-electron chi connectivity index (χ4n) is 3.02. The fourth-order valence-corrected chi connectivity index (χ4v) is 4.21. The van der Waals surface area contributed by atoms with Crippen LogP contribution in [-0.2, 0) is 11.3 Å². The number of carbonyl (C=O) groups is 1. The normalized spacial score (nSPS) is 13.3. The van der Waals surface area contributed by atoms with E-state index in [1.165, 1.54) is 17.8 Å². The van der Waals surface area contributed by atoms with Crippen LogP contribution in [0.1, 0.15) is 40.8 Å². The highest BCUT2D eigenvalue weighted by atomic mass is 35.5. The summed E-state index contributed by atoms with van der Waals surface area (Å²) in [4.78, 5) is 19.1. The van der Waals surface area contributed by atoms with E-state index in [0.717, 1.165) is 29.7 Å². The Balaban J connectivity index is 1.77. The molecule has 1 aromatic carbocycles. The molecule has 1 aliphatic rings. The quantitative estimate of drug-likeness (QED) is 0.623. The third-order valence-corrected chi connectivity index (χ3v) is 6.42. The van der Waals surface area contributed by atoms with Crippen molar-refractivity contribution in [1.29, 1.82) is 5.26 Å². The summed E-state index contributed by atoms with van der Waals surface area (Å²) >= 11 is 7.39. The minimum atomic E-state index is -0.406. The Morgan fingerprint density at radius 1 is 1.36 bits per heavy atom. The van der Waals surface area contributed by atoms with Crippen LogP contribution in [0.15, 0.2) is 23.2 Å². The number of aromatic nitrogens is 1. The fraction of sp³-hybridized carbons (Fsp3) is 0.381. The van der Waals surface area contributed by atoms with Gasteiger partial charge in [-0.1, -0.05) is 29.4 Å². The molecule has 1 saturated carbocycles. The largest absolute Gasteiger partial charge is 0.334 e. The molecule has 0 radical (unpaired) electrons. The number of hydrogen-bond donors (Lipinski definition) is 0. The van der Waals surface area contributed by atoms with Gasteiger partial charge in [-0.05, 0) is 56.9 Å². The first-order valence-electron chi connectivity index (χ1n) is 9.06. The number of nitriles is 1. The summed E-state index contributed by atoms with van der Waals surface area (Å²) in [5.41, 5.74) is 3.58. The molecule has 1 aromatic heterocycles. The summed E-state index contributed by atoms with van der Waals surface area (Å²) in [6.45, 7) is 5.88. The van der Waals surface area contributed by atoms with Crippen molar-refractivity contribution in [2.24, 2.45) is 0 Å². The van der Waals surface area contributed by atoms with Crippen LogP contribution in [0.25, 0.3) is 0 Å². The Bertz CT molecular complexity index is 949. The second-order valence-electron chi connectivity index (χ2n) is 6.98. The zero-order valence-electron chi connectivity index (χ0n) is 16.1. The van der Waals surface area contributed by atoms with Crippen molar-refractivity contribution >= 4 is 29.3 Å². The molecule has 3 rings (SSSR count). The SMILES string of the molecule is Cc1nc(SCC(=O)N(Cc2c(F)cccc2Cl)C2CC2)c(C#N)c(C)c1C. The second kappa shape index (κ2) is 8.50. The maximum absolute atomic E-state index is 14.2. The predicted octanol–water partition coefficient (Wildman–Crippen LogP) is 4.95. The standard InChI is InChI=1S/C21H21ClFN3OS/c1-12-13(2)16(9-24)21(25-14(12)3)28-11-20(27)26(15-7-8-15)10-17-18(22)5-4-6-19(17)23/h4-6,15H,7-8,10-11H2,1-3H3. The Morgan fingerprint density at radius 3 is 2.68 bits per heavy atom. The number of rotatable bonds is 6. The summed E-state index contributed by atoms with van der Waals surface area (Å²) in [6.07, 6.45) is 1.82. The first-order chi connectivity index (χ1) is 13.3. The van der Waals surface area contributed by atoms with Crippen molar-refractivity contribution in [3.8, 4) is 6.07 Å². The van der Waals surface area contributed by atoms with E-state index in [0.29, 0.717) is 21.2 Å². The maximum Gasteiger partial charge on any atom is 0.233 e. The van der Waals surface area contributed by atoms with Crippen LogP contribution in [0, 0.1) is 37.9 Å². The van der Waals surface area contributed by atoms with Crippen molar-refractivity contribution in [1.82, 2.24) is 9.88 Å². The van der Waals surface area contributed by atoms with E-state index in [-0.39, 0.29) is 24.2 Å². The molecular formula is C21H21ClFN3OS. The minimum Gasteiger partial charge on any atom is -0.334 e. The third-order valence-electron chi connectivity index (χ3n) is 5.11. The number of nitrogens with zero attached hydrogens (tertiary/aromatic N) is 3. The number of carbonyl (C=O) groups excluding carboxylic acids is 1. The summed E-state index contributed by atoms with van der Waals surface area (Å²) in [6, 6.07) is 6.86. The van der Waals surface area contributed by atoms with Gasteiger partial charge in [-0.3, -0.25) is 4.79 Å². The Kier molecular flexibility index (Phi) is 6.26. The molecule has 0 unspecified atom stereocenters. The molecule has 1 fully saturated rings. The highest BCUT2D eigenvalue weighted by Crippen LogP contribution is 2.32. The van der Waals surface area contributed by atoms with Gasteiger partial charge in [0.1, 0.15) is 16.9 Å². The molecule has 1 heterocycles. The van der Waals surface area contributed by atoms with Gasteiger partial charge in [0.15, 0.2) is 0 Å². The Labute approximate surface area is 173 Å². The van der Waals surface area contributed by atoms with Gasteiger partial charge < -0.3 is 4.90 Å². The predicted molar refractivity (Wildman–Crippen MR) is 109 cm³/mol. The molecule has 4 nitrogen and oxygen atoms in total. The lowest BCUT2D eigenvalue weighted by Gasteiger charge is -2.23. The van der Waals surface area contributed by atoms with E-state index in [4.69, 9.17) is 11.6 Å². The van der Waals surface area contributed by atoms with Crippen LogP contribution < -0.4 is 0 Å². The van der Waals surface area contributed by atoms with E-state index in [2.05, 4.69) is 11.1 Å². The molecule has 28 heavy (non-hydrogen) atoms. The van der Waals surface area contributed by atoms with Gasteiger partial charge in [0.2, 0.25) is 5.91 Å². The van der Waals surface area contributed by atoms with E-state index in [1.54, 1.807) is 17.0 Å². The van der Waals surface area contributed by atoms with Crippen LogP contribution >= 0.6 is 23.4 Å². The molecule has 0 saturated heterocycles. The Morgan fingerprint density at radius 2 is 2.07 bits per heavy atom. The number of halogens is 2. The van der Waals surface area contributed by atoms with Gasteiger partial charge in [-0.2, -0.15) is 5.26 Å². The molecule has 0 atom stereocenters. The summed E-state index contributed by atoms with van der Waals surface area (Å²) < 4.78 is 14.2. The highest BCUT2D eigenvalue weighted by Gasteiger charge is 2.33. The number of benzene rings is 1. The van der Waals surface area contributed by atoms with Gasteiger partial charge in [-0.25, -0.2) is 9.37 Å². The molecule has 0 N–H and O–H groups in total. The van der Waals surface area contributed by atoms with Gasteiger partial charge in [0.25, 0.3) is 0 Å². The minimum absolute atomic E-state index is 0.103. The molecule has 2 aromatic rings. The smallest absolute Gasteiger partial charge is 0.233 e. The number of hydrogen-bond acceptors (Lipinski definition) is 4. The second-order valence-corrected chi connectivity index (χ2v) is 8.35. The van der Waals surface area contributed by atoms with E-state index < -0.39 is 5.82 Å². The first kappa shape index (κ1) is 20.6. The molecule has 0 spiro atoms. The topological polar surface area (TPSA) is 57.0 Å². The van der Waals surface area contributed by atoms with E-state index in [9.17, 15) is 14.4 Å². The Hall–Kier alpha value is -2.10. The van der Waals surface area contributed by atoms with Crippen molar-refractivity contribution < 1.29 is 9.18 Å². The van der Waals surface area contributed by atoms with Crippen molar-refractivity contribution in [3.63, 3.8) is 0 Å². The molecule has 1 aliphatic carbocycles. The molecule has 0 aliphatic heterocycles. The van der Waals surface area contributed by atoms with Gasteiger partial charge in [0.05, 0.1) is 17.9 Å². The van der Waals surface area contributed by atoms with Gasteiger partial charge in [-0.15, -0.1) is 0 Å². The maximum atomic E-state index is 14.2. The summed E-state index contributed by atoms with van der Waals surface area (Å²) in [5, 5.41) is 10.4. The summed E-state index contributed by atoms with van der Waals surface area (Å²) in [5.74, 6) is -0.364. The van der Waals surface area contributed by atoms with Gasteiger partial charge >= 0.3 is 0 Å². The molecule has 146 valence electrons. The van der Waals surface area contributed by atoms with E-state index in [1.807, 2.05) is 20.8 Å². The zero-order chi connectivity index (χ0) is 20.4. The molecular weight excluding hydrogens is 397 g/mol. The van der Waals surface area contributed by atoms with Crippen LogP contribution in [0.3, 0.4) is 0 Å². The monoisotopic (exact) mass is 417 g/mol. The van der Waals surface area contributed by atoms with Crippen LogP contribution in [0.4, 0.5) is 4.39 Å². The zero-order valence-corrected chi connectivity index (χ0v) is 17.6. The van der Waals surface area contributed by atoms with Crippen LogP contribution in [-0.4, -0.2) is 27.6 Å². The molecule has 7 heteroatoms. The third kappa shape index (κ3) is 4.31. The highest BCUT2D eigenvalue weighted by molar-refractivity contribution is 8.00. The summed E-state index contributed by atoms with van der Waals surface area (Å²) in [7, 11) is 0. The van der Waals surface area contributed by atoms with Crippen molar-refractivity contribution in [2.75, 3.05) is 5.75 Å². The van der Waals surface area contributed by atoms with Crippen molar-refractivity contribution in [2.45, 2.75) is 51.2 Å². The number of amides is 1. The van der Waals surface area contributed by atoms with E-state index >= 15 is 0 Å². The van der Waals surface area contributed by atoms with Crippen molar-refractivity contribution in [3.05, 3.63) is 57.0 Å². The lowest BCUT2D eigenvalue weighted by Crippen LogP contribution is -2.34. The van der Waals surface area contributed by atoms with Gasteiger partial charge in [0, 0.05) is 22.3 Å². The van der Waals surface area contributed by atoms with Crippen LogP contribution in [0.2, 0.25) is 5.02 Å². The average Bonchev–Trinajstić information content (AvgIpc) is 3.49. The average molecular weight is 418 g/mol. The number of pyridine rings is 1. The number of aryl methyl sites for hydroxylation is 1. The molecule has 0 bridgehead atoms. The molecule has 1 amide bonds.